The third-order valence-electron chi connectivity index (χ3n) is 4.02. The van der Waals surface area contributed by atoms with Crippen molar-refractivity contribution in [3.63, 3.8) is 0 Å². The lowest BCUT2D eigenvalue weighted by molar-refractivity contribution is 0.414. The zero-order valence-electron chi connectivity index (χ0n) is 14.9. The van der Waals surface area contributed by atoms with Crippen LogP contribution in [0.5, 0.6) is 5.75 Å². The average molecular weight is 390 g/mol. The number of rotatable bonds is 7. The van der Waals surface area contributed by atoms with Crippen LogP contribution in [0.25, 0.3) is 11.5 Å². The van der Waals surface area contributed by atoms with Crippen molar-refractivity contribution < 1.29 is 22.0 Å². The van der Waals surface area contributed by atoms with E-state index in [1.165, 1.54) is 25.3 Å². The molecule has 1 heterocycles. The van der Waals surface area contributed by atoms with E-state index in [0.717, 1.165) is 0 Å². The molecule has 8 heteroatoms. The minimum absolute atomic E-state index is 0.137. The highest BCUT2D eigenvalue weighted by molar-refractivity contribution is 7.89. The Morgan fingerprint density at radius 3 is 2.52 bits per heavy atom. The van der Waals surface area contributed by atoms with Crippen LogP contribution in [0.3, 0.4) is 0 Å². The second-order valence-electron chi connectivity index (χ2n) is 5.83. The molecule has 0 aliphatic heterocycles. The van der Waals surface area contributed by atoms with Crippen LogP contribution in [-0.2, 0) is 16.4 Å². The number of sulfonamides is 1. The van der Waals surface area contributed by atoms with Crippen LogP contribution < -0.4 is 9.46 Å². The number of hydrogen-bond donors (Lipinski definition) is 1. The van der Waals surface area contributed by atoms with Gasteiger partial charge in [0, 0.05) is 13.0 Å². The Bertz CT molecular complexity index is 1030. The second kappa shape index (κ2) is 7.89. The Balaban J connectivity index is 1.67. The number of methoxy groups -OCH3 is 1. The molecule has 0 fully saturated rings. The van der Waals surface area contributed by atoms with Gasteiger partial charge < -0.3 is 9.15 Å². The quantitative estimate of drug-likeness (QED) is 0.669. The summed E-state index contributed by atoms with van der Waals surface area (Å²) in [4.78, 5) is 4.44. The van der Waals surface area contributed by atoms with Gasteiger partial charge in [-0.15, -0.1) is 0 Å². The van der Waals surface area contributed by atoms with Crippen molar-refractivity contribution in [2.24, 2.45) is 0 Å². The number of aryl methyl sites for hydroxylation is 1. The molecule has 6 nitrogen and oxygen atoms in total. The molecule has 0 aliphatic carbocycles. The third kappa shape index (κ3) is 4.35. The molecular weight excluding hydrogens is 371 g/mol. The molecule has 0 spiro atoms. The van der Waals surface area contributed by atoms with Gasteiger partial charge in [-0.2, -0.15) is 0 Å². The highest BCUT2D eigenvalue weighted by Gasteiger charge is 2.17. The molecule has 0 aliphatic rings. The van der Waals surface area contributed by atoms with E-state index in [1.54, 1.807) is 37.3 Å². The fraction of sp³-hybridized carbons (Fsp3) is 0.211. The fourth-order valence-corrected chi connectivity index (χ4v) is 3.58. The smallest absolute Gasteiger partial charge is 0.240 e. The van der Waals surface area contributed by atoms with Gasteiger partial charge in [0.15, 0.2) is 0 Å². The lowest BCUT2D eigenvalue weighted by Gasteiger charge is -2.07. The van der Waals surface area contributed by atoms with Crippen molar-refractivity contribution in [3.05, 3.63) is 65.8 Å². The molecule has 3 rings (SSSR count). The van der Waals surface area contributed by atoms with Gasteiger partial charge in [-0.3, -0.25) is 0 Å². The first-order chi connectivity index (χ1) is 12.9. The van der Waals surface area contributed by atoms with Crippen molar-refractivity contribution in [2.75, 3.05) is 13.7 Å². The number of benzene rings is 2. The fourth-order valence-electron chi connectivity index (χ4n) is 2.55. The molecule has 0 atom stereocenters. The third-order valence-corrected chi connectivity index (χ3v) is 5.50. The van der Waals surface area contributed by atoms with Crippen LogP contribution in [0.1, 0.15) is 11.5 Å². The Kier molecular flexibility index (Phi) is 5.57. The standard InChI is InChI=1S/C19H19FN2O4S/c1-13-18(22-19(26-13)16-5-3-4-6-17(16)20)11-12-21-27(23,24)15-9-7-14(25-2)8-10-15/h3-10,21H,11-12H2,1-2H3. The SMILES string of the molecule is COc1ccc(S(=O)(=O)NCCc2nc(-c3ccccc3F)oc2C)cc1. The normalized spacial score (nSPS) is 11.5. The number of hydrogen-bond acceptors (Lipinski definition) is 5. The van der Waals surface area contributed by atoms with E-state index < -0.39 is 15.8 Å². The molecule has 1 aromatic heterocycles. The van der Waals surface area contributed by atoms with Crippen molar-refractivity contribution in [2.45, 2.75) is 18.2 Å². The molecule has 0 bridgehead atoms. The van der Waals surface area contributed by atoms with Crippen molar-refractivity contribution in [1.82, 2.24) is 9.71 Å². The summed E-state index contributed by atoms with van der Waals surface area (Å²) in [6.45, 7) is 1.85. The van der Waals surface area contributed by atoms with Crippen LogP contribution in [0.2, 0.25) is 0 Å². The average Bonchev–Trinajstić information content (AvgIpc) is 3.02. The van der Waals surface area contributed by atoms with Crippen molar-refractivity contribution >= 4 is 10.0 Å². The number of halogens is 1. The lowest BCUT2D eigenvalue weighted by atomic mass is 10.2. The predicted octanol–water partition coefficient (Wildman–Crippen LogP) is 3.32. The Labute approximate surface area is 157 Å². The molecule has 0 saturated carbocycles. The molecule has 0 unspecified atom stereocenters. The second-order valence-corrected chi connectivity index (χ2v) is 7.59. The molecule has 2 aromatic carbocycles. The number of oxazole rings is 1. The number of ether oxygens (including phenoxy) is 1. The van der Waals surface area contributed by atoms with E-state index in [2.05, 4.69) is 9.71 Å². The summed E-state index contributed by atoms with van der Waals surface area (Å²) < 4.78 is 51.6. The molecule has 0 radical (unpaired) electrons. The summed E-state index contributed by atoms with van der Waals surface area (Å²) >= 11 is 0. The zero-order chi connectivity index (χ0) is 19.4. The Morgan fingerprint density at radius 1 is 1.15 bits per heavy atom. The summed E-state index contributed by atoms with van der Waals surface area (Å²) in [6.07, 6.45) is 0.319. The molecule has 27 heavy (non-hydrogen) atoms. The van der Waals surface area contributed by atoms with Crippen LogP contribution in [-0.4, -0.2) is 27.1 Å². The van der Waals surface area contributed by atoms with Crippen molar-refractivity contribution in [3.8, 4) is 17.2 Å². The van der Waals surface area contributed by atoms with Gasteiger partial charge in [-0.05, 0) is 43.3 Å². The zero-order valence-corrected chi connectivity index (χ0v) is 15.7. The van der Waals surface area contributed by atoms with E-state index >= 15 is 0 Å². The maximum absolute atomic E-state index is 13.9. The van der Waals surface area contributed by atoms with Gasteiger partial charge in [0.25, 0.3) is 0 Å². The lowest BCUT2D eigenvalue weighted by Crippen LogP contribution is -2.26. The van der Waals surface area contributed by atoms with Crippen LogP contribution >= 0.6 is 0 Å². The Hall–Kier alpha value is -2.71. The van der Waals surface area contributed by atoms with Gasteiger partial charge in [0.1, 0.15) is 17.3 Å². The van der Waals surface area contributed by atoms with Crippen molar-refractivity contribution in [1.29, 1.82) is 0 Å². The number of nitrogens with zero attached hydrogens (tertiary/aromatic N) is 1. The van der Waals surface area contributed by atoms with E-state index in [9.17, 15) is 12.8 Å². The number of aromatic nitrogens is 1. The predicted molar refractivity (Wildman–Crippen MR) is 98.5 cm³/mol. The summed E-state index contributed by atoms with van der Waals surface area (Å²) in [6, 6.07) is 12.3. The summed E-state index contributed by atoms with van der Waals surface area (Å²) in [7, 11) is -2.13. The topological polar surface area (TPSA) is 81.4 Å². The first-order valence-corrected chi connectivity index (χ1v) is 9.74. The van der Waals surface area contributed by atoms with E-state index in [1.807, 2.05) is 0 Å². The minimum atomic E-state index is -3.64. The van der Waals surface area contributed by atoms with Gasteiger partial charge >= 0.3 is 0 Å². The largest absolute Gasteiger partial charge is 0.497 e. The first kappa shape index (κ1) is 19.1. The maximum Gasteiger partial charge on any atom is 0.240 e. The summed E-state index contributed by atoms with van der Waals surface area (Å²) in [5.41, 5.74) is 0.844. The van der Waals surface area contributed by atoms with Crippen LogP contribution in [0.15, 0.2) is 57.8 Å². The van der Waals surface area contributed by atoms with Gasteiger partial charge in [-0.25, -0.2) is 22.5 Å². The molecule has 1 N–H and O–H groups in total. The monoisotopic (exact) mass is 390 g/mol. The highest BCUT2D eigenvalue weighted by Crippen LogP contribution is 2.24. The molecular formula is C19H19FN2O4S. The van der Waals surface area contributed by atoms with Crippen LogP contribution in [0, 0.1) is 12.7 Å². The van der Waals surface area contributed by atoms with Crippen LogP contribution in [0.4, 0.5) is 4.39 Å². The Morgan fingerprint density at radius 2 is 1.85 bits per heavy atom. The van der Waals surface area contributed by atoms with E-state index in [-0.39, 0.29) is 22.9 Å². The van der Waals surface area contributed by atoms with E-state index in [4.69, 9.17) is 9.15 Å². The van der Waals surface area contributed by atoms with Gasteiger partial charge in [-0.1, -0.05) is 12.1 Å². The molecule has 0 saturated heterocycles. The summed E-state index contributed by atoms with van der Waals surface area (Å²) in [5, 5.41) is 0. The van der Waals surface area contributed by atoms with E-state index in [0.29, 0.717) is 23.6 Å². The van der Waals surface area contributed by atoms with Gasteiger partial charge in [0.05, 0.1) is 23.3 Å². The molecule has 3 aromatic rings. The highest BCUT2D eigenvalue weighted by atomic mass is 32.2. The first-order valence-electron chi connectivity index (χ1n) is 8.25. The molecule has 142 valence electrons. The minimum Gasteiger partial charge on any atom is -0.497 e. The molecule has 0 amide bonds. The summed E-state index contributed by atoms with van der Waals surface area (Å²) in [5.74, 6) is 0.855. The van der Waals surface area contributed by atoms with Gasteiger partial charge in [0.2, 0.25) is 15.9 Å². The number of nitrogens with one attached hydrogen (secondary N) is 1. The maximum atomic E-state index is 13.9.